The zero-order valence-electron chi connectivity index (χ0n) is 16.0. The van der Waals surface area contributed by atoms with E-state index in [0.29, 0.717) is 37.7 Å². The van der Waals surface area contributed by atoms with E-state index in [9.17, 15) is 8.42 Å². The number of para-hydroxylation sites is 1. The molecule has 0 amide bonds. The molecule has 0 unspecified atom stereocenters. The molecule has 1 aromatic heterocycles. The number of hydrogen-bond acceptors (Lipinski definition) is 6. The van der Waals surface area contributed by atoms with E-state index in [4.69, 9.17) is 9.47 Å². The molecule has 1 saturated heterocycles. The molecule has 152 valence electrons. The maximum atomic E-state index is 12.7. The Kier molecular flexibility index (Phi) is 5.50. The van der Waals surface area contributed by atoms with E-state index in [0.717, 1.165) is 5.75 Å². The summed E-state index contributed by atoms with van der Waals surface area (Å²) < 4.78 is 39.7. The molecule has 2 aromatic carbocycles. The van der Waals surface area contributed by atoms with Gasteiger partial charge in [0.15, 0.2) is 0 Å². The SMILES string of the molecule is CCOc1ccc(S(=O)(=O)N2CC(n3cc(COc4ccccc4)nn3)C2)cc1. The first-order valence-corrected chi connectivity index (χ1v) is 10.8. The standard InChI is InChI=1S/C20H22N4O4S/c1-2-27-19-8-10-20(11-9-19)29(25,26)23-13-17(14-23)24-12-16(21-22-24)15-28-18-6-4-3-5-7-18/h3-12,17H,2,13-15H2,1H3. The monoisotopic (exact) mass is 414 g/mol. The van der Waals surface area contributed by atoms with Gasteiger partial charge in [-0.1, -0.05) is 23.4 Å². The fraction of sp³-hybridized carbons (Fsp3) is 0.300. The van der Waals surface area contributed by atoms with Crippen LogP contribution in [0.3, 0.4) is 0 Å². The minimum atomic E-state index is -3.52. The quantitative estimate of drug-likeness (QED) is 0.563. The van der Waals surface area contributed by atoms with Gasteiger partial charge < -0.3 is 9.47 Å². The number of rotatable bonds is 8. The zero-order valence-corrected chi connectivity index (χ0v) is 16.8. The second-order valence-electron chi connectivity index (χ2n) is 6.67. The van der Waals surface area contributed by atoms with Crippen LogP contribution in [0.1, 0.15) is 18.7 Å². The van der Waals surface area contributed by atoms with E-state index in [-0.39, 0.29) is 10.9 Å². The third kappa shape index (κ3) is 4.25. The van der Waals surface area contributed by atoms with E-state index in [1.54, 1.807) is 35.1 Å². The lowest BCUT2D eigenvalue weighted by molar-refractivity contribution is 0.188. The summed E-state index contributed by atoms with van der Waals surface area (Å²) >= 11 is 0. The summed E-state index contributed by atoms with van der Waals surface area (Å²) in [5.74, 6) is 1.42. The molecule has 3 aromatic rings. The van der Waals surface area contributed by atoms with Gasteiger partial charge in [0.05, 0.1) is 23.7 Å². The normalized spacial score (nSPS) is 15.1. The molecule has 4 rings (SSSR count). The van der Waals surface area contributed by atoms with Gasteiger partial charge in [0.2, 0.25) is 10.0 Å². The molecule has 2 heterocycles. The number of benzene rings is 2. The molecule has 0 aliphatic carbocycles. The van der Waals surface area contributed by atoms with Crippen molar-refractivity contribution in [3.8, 4) is 11.5 Å². The van der Waals surface area contributed by atoms with Crippen molar-refractivity contribution >= 4 is 10.0 Å². The summed E-state index contributed by atoms with van der Waals surface area (Å²) in [7, 11) is -3.52. The summed E-state index contributed by atoms with van der Waals surface area (Å²) in [5, 5.41) is 8.23. The third-order valence-electron chi connectivity index (χ3n) is 4.66. The largest absolute Gasteiger partial charge is 0.494 e. The van der Waals surface area contributed by atoms with Gasteiger partial charge in [0, 0.05) is 13.1 Å². The summed E-state index contributed by atoms with van der Waals surface area (Å²) in [6.45, 7) is 3.45. The Morgan fingerprint density at radius 1 is 1.00 bits per heavy atom. The molecule has 8 nitrogen and oxygen atoms in total. The van der Waals surface area contributed by atoms with Crippen LogP contribution in [0.25, 0.3) is 0 Å². The summed E-state index contributed by atoms with van der Waals surface area (Å²) in [6, 6.07) is 15.9. The smallest absolute Gasteiger partial charge is 0.243 e. The molecular weight excluding hydrogens is 392 g/mol. The summed E-state index contributed by atoms with van der Waals surface area (Å²) in [4.78, 5) is 0.259. The highest BCUT2D eigenvalue weighted by Crippen LogP contribution is 2.28. The topological polar surface area (TPSA) is 86.6 Å². The number of ether oxygens (including phenoxy) is 2. The Morgan fingerprint density at radius 2 is 1.69 bits per heavy atom. The lowest BCUT2D eigenvalue weighted by atomic mass is 10.2. The average Bonchev–Trinajstić information content (AvgIpc) is 3.15. The van der Waals surface area contributed by atoms with Crippen LogP contribution in [0.15, 0.2) is 65.7 Å². The Bertz CT molecular complexity index is 1050. The van der Waals surface area contributed by atoms with Gasteiger partial charge in [-0.2, -0.15) is 4.31 Å². The van der Waals surface area contributed by atoms with Crippen molar-refractivity contribution in [2.45, 2.75) is 24.5 Å². The van der Waals surface area contributed by atoms with Crippen LogP contribution >= 0.6 is 0 Å². The van der Waals surface area contributed by atoms with Crippen molar-refractivity contribution in [2.75, 3.05) is 19.7 Å². The minimum absolute atomic E-state index is 0.0366. The Balaban J connectivity index is 1.34. The summed E-state index contributed by atoms with van der Waals surface area (Å²) in [5.41, 5.74) is 0.696. The summed E-state index contributed by atoms with van der Waals surface area (Å²) in [6.07, 6.45) is 1.80. The van der Waals surface area contributed by atoms with Crippen LogP contribution < -0.4 is 9.47 Å². The van der Waals surface area contributed by atoms with Crippen LogP contribution in [-0.4, -0.2) is 47.4 Å². The number of sulfonamides is 1. The van der Waals surface area contributed by atoms with Gasteiger partial charge in [0.25, 0.3) is 0 Å². The van der Waals surface area contributed by atoms with Crippen molar-refractivity contribution in [1.29, 1.82) is 0 Å². The first-order chi connectivity index (χ1) is 14.1. The molecule has 0 saturated carbocycles. The first-order valence-electron chi connectivity index (χ1n) is 9.38. The molecule has 0 bridgehead atoms. The second kappa shape index (κ2) is 8.22. The molecule has 0 N–H and O–H groups in total. The van der Waals surface area contributed by atoms with Gasteiger partial charge in [0.1, 0.15) is 23.8 Å². The molecular formula is C20H22N4O4S. The van der Waals surface area contributed by atoms with Crippen molar-refractivity contribution < 1.29 is 17.9 Å². The van der Waals surface area contributed by atoms with E-state index in [1.807, 2.05) is 37.3 Å². The zero-order chi connectivity index (χ0) is 20.3. The van der Waals surface area contributed by atoms with Crippen molar-refractivity contribution in [1.82, 2.24) is 19.3 Å². The highest BCUT2D eigenvalue weighted by Gasteiger charge is 2.38. The van der Waals surface area contributed by atoms with Crippen molar-refractivity contribution in [3.05, 3.63) is 66.5 Å². The lowest BCUT2D eigenvalue weighted by Gasteiger charge is -2.37. The van der Waals surface area contributed by atoms with Crippen LogP contribution in [0, 0.1) is 0 Å². The van der Waals surface area contributed by atoms with Crippen LogP contribution in [0.5, 0.6) is 11.5 Å². The van der Waals surface area contributed by atoms with Crippen molar-refractivity contribution in [3.63, 3.8) is 0 Å². The average molecular weight is 414 g/mol. The van der Waals surface area contributed by atoms with Gasteiger partial charge in [-0.25, -0.2) is 13.1 Å². The van der Waals surface area contributed by atoms with Crippen molar-refractivity contribution in [2.24, 2.45) is 0 Å². The predicted octanol–water partition coefficient (Wildman–Crippen LogP) is 2.50. The molecule has 1 aliphatic rings. The highest BCUT2D eigenvalue weighted by atomic mass is 32.2. The maximum Gasteiger partial charge on any atom is 0.243 e. The van der Waals surface area contributed by atoms with E-state index >= 15 is 0 Å². The van der Waals surface area contributed by atoms with Gasteiger partial charge in [-0.3, -0.25) is 0 Å². The van der Waals surface area contributed by atoms with Gasteiger partial charge in [-0.15, -0.1) is 5.10 Å². The fourth-order valence-corrected chi connectivity index (χ4v) is 4.55. The lowest BCUT2D eigenvalue weighted by Crippen LogP contribution is -2.50. The third-order valence-corrected chi connectivity index (χ3v) is 6.51. The maximum absolute atomic E-state index is 12.7. The van der Waals surface area contributed by atoms with Gasteiger partial charge in [-0.05, 0) is 43.3 Å². The molecule has 1 aliphatic heterocycles. The molecule has 0 radical (unpaired) electrons. The fourth-order valence-electron chi connectivity index (χ4n) is 3.04. The number of hydrogen-bond donors (Lipinski definition) is 0. The van der Waals surface area contributed by atoms with Crippen LogP contribution in [0.2, 0.25) is 0 Å². The number of aromatic nitrogens is 3. The molecule has 0 atom stereocenters. The Morgan fingerprint density at radius 3 is 2.38 bits per heavy atom. The molecule has 9 heteroatoms. The minimum Gasteiger partial charge on any atom is -0.494 e. The molecule has 29 heavy (non-hydrogen) atoms. The highest BCUT2D eigenvalue weighted by molar-refractivity contribution is 7.89. The van der Waals surface area contributed by atoms with Gasteiger partial charge >= 0.3 is 0 Å². The van der Waals surface area contributed by atoms with E-state index < -0.39 is 10.0 Å². The molecule has 0 spiro atoms. The number of nitrogens with zero attached hydrogens (tertiary/aromatic N) is 4. The van der Waals surface area contributed by atoms with Crippen LogP contribution in [-0.2, 0) is 16.6 Å². The Hall–Kier alpha value is -2.91. The van der Waals surface area contributed by atoms with Crippen LogP contribution in [0.4, 0.5) is 0 Å². The van der Waals surface area contributed by atoms with E-state index in [2.05, 4.69) is 10.3 Å². The molecule has 1 fully saturated rings. The predicted molar refractivity (Wildman–Crippen MR) is 106 cm³/mol. The Labute approximate surface area is 169 Å². The van der Waals surface area contributed by atoms with E-state index in [1.165, 1.54) is 4.31 Å². The second-order valence-corrected chi connectivity index (χ2v) is 8.61. The first kappa shape index (κ1) is 19.4.